The first-order valence-corrected chi connectivity index (χ1v) is 8.39. The Bertz CT molecular complexity index is 837. The lowest BCUT2D eigenvalue weighted by molar-refractivity contribution is 0.183. The van der Waals surface area contributed by atoms with Crippen LogP contribution in [0.2, 0.25) is 0 Å². The quantitative estimate of drug-likeness (QED) is 0.692. The first-order chi connectivity index (χ1) is 11.6. The van der Waals surface area contributed by atoms with Crippen LogP contribution in [0.25, 0.3) is 11.0 Å². The fourth-order valence-corrected chi connectivity index (χ4v) is 2.86. The molecule has 0 saturated heterocycles. The first kappa shape index (κ1) is 16.5. The molecule has 0 aliphatic carbocycles. The van der Waals surface area contributed by atoms with Gasteiger partial charge in [-0.1, -0.05) is 18.2 Å². The summed E-state index contributed by atoms with van der Waals surface area (Å²) in [6.07, 6.45) is 0.269. The van der Waals surface area contributed by atoms with E-state index in [1.807, 2.05) is 30.3 Å². The van der Waals surface area contributed by atoms with Crippen LogP contribution in [0.1, 0.15) is 36.4 Å². The van der Waals surface area contributed by atoms with E-state index in [1.165, 1.54) is 11.1 Å². The SMILES string of the molecule is Cc1ccc(OCCCn2c(C(C)O)nc3ccccc32)cc1C. The average Bonchev–Trinajstić information content (AvgIpc) is 2.94. The molecule has 0 fully saturated rings. The molecule has 1 unspecified atom stereocenters. The molecule has 3 aromatic rings. The Kier molecular flexibility index (Phi) is 4.86. The molecule has 0 aliphatic rings. The van der Waals surface area contributed by atoms with Crippen molar-refractivity contribution in [3.8, 4) is 5.75 Å². The minimum Gasteiger partial charge on any atom is -0.494 e. The number of ether oxygens (including phenoxy) is 1. The first-order valence-electron chi connectivity index (χ1n) is 8.39. The highest BCUT2D eigenvalue weighted by Gasteiger charge is 2.14. The van der Waals surface area contributed by atoms with Crippen molar-refractivity contribution < 1.29 is 9.84 Å². The summed E-state index contributed by atoms with van der Waals surface area (Å²) in [6.45, 7) is 7.35. The van der Waals surface area contributed by atoms with E-state index in [9.17, 15) is 5.11 Å². The van der Waals surface area contributed by atoms with E-state index in [0.29, 0.717) is 12.4 Å². The van der Waals surface area contributed by atoms with E-state index in [-0.39, 0.29) is 0 Å². The summed E-state index contributed by atoms with van der Waals surface area (Å²) >= 11 is 0. The van der Waals surface area contributed by atoms with Crippen LogP contribution in [-0.4, -0.2) is 21.3 Å². The average molecular weight is 324 g/mol. The number of aryl methyl sites for hydroxylation is 3. The molecule has 4 heteroatoms. The predicted molar refractivity (Wildman–Crippen MR) is 96.4 cm³/mol. The Morgan fingerprint density at radius 3 is 2.67 bits per heavy atom. The smallest absolute Gasteiger partial charge is 0.138 e. The number of aliphatic hydroxyl groups is 1. The molecule has 0 spiro atoms. The third kappa shape index (κ3) is 3.44. The van der Waals surface area contributed by atoms with Crippen molar-refractivity contribution in [1.29, 1.82) is 0 Å². The maximum atomic E-state index is 9.98. The number of benzene rings is 2. The molecule has 1 heterocycles. The topological polar surface area (TPSA) is 47.3 Å². The Balaban J connectivity index is 1.67. The van der Waals surface area contributed by atoms with Crippen LogP contribution >= 0.6 is 0 Å². The minimum absolute atomic E-state index is 0.585. The number of rotatable bonds is 6. The molecule has 3 rings (SSSR count). The Hall–Kier alpha value is -2.33. The molecule has 1 atom stereocenters. The Morgan fingerprint density at radius 2 is 1.92 bits per heavy atom. The molecular formula is C20H24N2O2. The zero-order chi connectivity index (χ0) is 17.1. The Labute approximate surface area is 142 Å². The van der Waals surface area contributed by atoms with Gasteiger partial charge in [-0.15, -0.1) is 0 Å². The van der Waals surface area contributed by atoms with Gasteiger partial charge in [-0.2, -0.15) is 0 Å². The van der Waals surface area contributed by atoms with Crippen molar-refractivity contribution in [3.05, 3.63) is 59.4 Å². The van der Waals surface area contributed by atoms with Gasteiger partial charge < -0.3 is 14.4 Å². The van der Waals surface area contributed by atoms with Crippen molar-refractivity contribution in [2.45, 2.75) is 39.8 Å². The molecule has 0 saturated carbocycles. The zero-order valence-corrected chi connectivity index (χ0v) is 14.5. The standard InChI is InChI=1S/C20H24N2O2/c1-14-9-10-17(13-15(14)2)24-12-6-11-22-19-8-5-4-7-18(19)21-20(22)16(3)23/h4-5,7-10,13,16,23H,6,11-12H2,1-3H3. The van der Waals surface area contributed by atoms with Gasteiger partial charge in [-0.3, -0.25) is 0 Å². The summed E-state index contributed by atoms with van der Waals surface area (Å²) in [7, 11) is 0. The molecule has 0 bridgehead atoms. The number of hydrogen-bond donors (Lipinski definition) is 1. The second-order valence-electron chi connectivity index (χ2n) is 6.23. The normalized spacial score (nSPS) is 12.5. The number of aromatic nitrogens is 2. The molecular weight excluding hydrogens is 300 g/mol. The highest BCUT2D eigenvalue weighted by molar-refractivity contribution is 5.75. The number of hydrogen-bond acceptors (Lipinski definition) is 3. The van der Waals surface area contributed by atoms with Crippen LogP contribution in [0.15, 0.2) is 42.5 Å². The predicted octanol–water partition coefficient (Wildman–Crippen LogP) is 4.18. The van der Waals surface area contributed by atoms with Crippen molar-refractivity contribution >= 4 is 11.0 Å². The zero-order valence-electron chi connectivity index (χ0n) is 14.5. The lowest BCUT2D eigenvalue weighted by Crippen LogP contribution is -2.10. The van der Waals surface area contributed by atoms with E-state index in [2.05, 4.69) is 35.5 Å². The summed E-state index contributed by atoms with van der Waals surface area (Å²) < 4.78 is 7.94. The fourth-order valence-electron chi connectivity index (χ4n) is 2.86. The molecule has 0 radical (unpaired) electrons. The van der Waals surface area contributed by atoms with E-state index >= 15 is 0 Å². The number of nitrogens with zero attached hydrogens (tertiary/aromatic N) is 2. The van der Waals surface area contributed by atoms with Crippen LogP contribution in [0.4, 0.5) is 0 Å². The van der Waals surface area contributed by atoms with E-state index in [4.69, 9.17) is 4.74 Å². The number of para-hydroxylation sites is 2. The van der Waals surface area contributed by atoms with Gasteiger partial charge in [0, 0.05) is 6.54 Å². The second kappa shape index (κ2) is 7.05. The van der Waals surface area contributed by atoms with E-state index < -0.39 is 6.10 Å². The number of fused-ring (bicyclic) bond motifs is 1. The van der Waals surface area contributed by atoms with Gasteiger partial charge in [0.25, 0.3) is 0 Å². The highest BCUT2D eigenvalue weighted by atomic mass is 16.5. The highest BCUT2D eigenvalue weighted by Crippen LogP contribution is 2.21. The van der Waals surface area contributed by atoms with Gasteiger partial charge in [0.2, 0.25) is 0 Å². The van der Waals surface area contributed by atoms with Gasteiger partial charge in [0.05, 0.1) is 17.6 Å². The third-order valence-electron chi connectivity index (χ3n) is 4.33. The maximum Gasteiger partial charge on any atom is 0.138 e. The molecule has 0 amide bonds. The van der Waals surface area contributed by atoms with Crippen molar-refractivity contribution in [3.63, 3.8) is 0 Å². The van der Waals surface area contributed by atoms with E-state index in [0.717, 1.165) is 29.7 Å². The Morgan fingerprint density at radius 1 is 1.12 bits per heavy atom. The van der Waals surface area contributed by atoms with E-state index in [1.54, 1.807) is 6.92 Å². The van der Waals surface area contributed by atoms with Crippen LogP contribution in [0.5, 0.6) is 5.75 Å². The molecule has 24 heavy (non-hydrogen) atoms. The maximum absolute atomic E-state index is 9.98. The van der Waals surface area contributed by atoms with Crippen LogP contribution < -0.4 is 4.74 Å². The minimum atomic E-state index is -0.585. The van der Waals surface area contributed by atoms with Crippen molar-refractivity contribution in [2.75, 3.05) is 6.61 Å². The number of aliphatic hydroxyl groups excluding tert-OH is 1. The van der Waals surface area contributed by atoms with Gasteiger partial charge in [0.1, 0.15) is 17.7 Å². The third-order valence-corrected chi connectivity index (χ3v) is 4.33. The second-order valence-corrected chi connectivity index (χ2v) is 6.23. The molecule has 1 N–H and O–H groups in total. The lowest BCUT2D eigenvalue weighted by Gasteiger charge is -2.12. The molecule has 126 valence electrons. The summed E-state index contributed by atoms with van der Waals surface area (Å²) in [6, 6.07) is 14.1. The molecule has 4 nitrogen and oxygen atoms in total. The van der Waals surface area contributed by atoms with Crippen LogP contribution in [0.3, 0.4) is 0 Å². The molecule has 0 aliphatic heterocycles. The van der Waals surface area contributed by atoms with Gasteiger partial charge >= 0.3 is 0 Å². The summed E-state index contributed by atoms with van der Waals surface area (Å²) in [5, 5.41) is 9.98. The summed E-state index contributed by atoms with van der Waals surface area (Å²) in [4.78, 5) is 4.54. The largest absolute Gasteiger partial charge is 0.494 e. The van der Waals surface area contributed by atoms with Gasteiger partial charge in [0.15, 0.2) is 0 Å². The summed E-state index contributed by atoms with van der Waals surface area (Å²) in [5.74, 6) is 1.62. The monoisotopic (exact) mass is 324 g/mol. The number of imidazole rings is 1. The van der Waals surface area contributed by atoms with Crippen molar-refractivity contribution in [2.24, 2.45) is 0 Å². The lowest BCUT2D eigenvalue weighted by atomic mass is 10.1. The van der Waals surface area contributed by atoms with Gasteiger partial charge in [-0.05, 0) is 62.6 Å². The molecule has 2 aromatic carbocycles. The van der Waals surface area contributed by atoms with Crippen LogP contribution in [-0.2, 0) is 6.54 Å². The van der Waals surface area contributed by atoms with Crippen LogP contribution in [0, 0.1) is 13.8 Å². The molecule has 1 aromatic heterocycles. The fraction of sp³-hybridized carbons (Fsp3) is 0.350. The van der Waals surface area contributed by atoms with Crippen molar-refractivity contribution in [1.82, 2.24) is 9.55 Å². The summed E-state index contributed by atoms with van der Waals surface area (Å²) in [5.41, 5.74) is 4.49. The van der Waals surface area contributed by atoms with Gasteiger partial charge in [-0.25, -0.2) is 4.98 Å².